The molecular weight excluding hydrogens is 270 g/mol. The Morgan fingerprint density at radius 3 is 3.15 bits per heavy atom. The second-order valence-electron chi connectivity index (χ2n) is 5.06. The van der Waals surface area contributed by atoms with Gasteiger partial charge >= 0.3 is 0 Å². The van der Waals surface area contributed by atoms with E-state index in [-0.39, 0.29) is 12.5 Å². The highest BCUT2D eigenvalue weighted by Crippen LogP contribution is 2.26. The quantitative estimate of drug-likeness (QED) is 0.870. The number of amides is 1. The second-order valence-corrected chi connectivity index (χ2v) is 5.98. The molecule has 0 bridgehead atoms. The number of hydrogen-bond acceptors (Lipinski definition) is 3. The fourth-order valence-electron chi connectivity index (χ4n) is 2.74. The predicted molar refractivity (Wildman–Crippen MR) is 81.9 cm³/mol. The molecule has 3 nitrogen and oxygen atoms in total. The van der Waals surface area contributed by atoms with E-state index in [1.807, 2.05) is 16.3 Å². The Balaban J connectivity index is 2.19. The van der Waals surface area contributed by atoms with E-state index in [0.29, 0.717) is 10.9 Å². The SMILES string of the molecule is CCCC1CCCCN1C(=O)c1sccc1C#CCO. The van der Waals surface area contributed by atoms with Crippen LogP contribution in [0.1, 0.15) is 54.3 Å². The minimum absolute atomic E-state index is 0.111. The summed E-state index contributed by atoms with van der Waals surface area (Å²) in [6.45, 7) is 2.85. The zero-order valence-corrected chi connectivity index (χ0v) is 12.7. The first kappa shape index (κ1) is 15.1. The number of hydrogen-bond donors (Lipinski definition) is 1. The number of carbonyl (C=O) groups excluding carboxylic acids is 1. The molecule has 20 heavy (non-hydrogen) atoms. The van der Waals surface area contributed by atoms with Crippen LogP contribution in [-0.2, 0) is 0 Å². The van der Waals surface area contributed by atoms with Crippen LogP contribution >= 0.6 is 11.3 Å². The number of likely N-dealkylation sites (tertiary alicyclic amines) is 1. The Bertz CT molecular complexity index is 510. The molecular formula is C16H21NO2S. The van der Waals surface area contributed by atoms with E-state index >= 15 is 0 Å². The summed E-state index contributed by atoms with van der Waals surface area (Å²) in [6.07, 6.45) is 5.61. The van der Waals surface area contributed by atoms with Gasteiger partial charge in [-0.05, 0) is 37.1 Å². The molecule has 2 rings (SSSR count). The molecule has 1 aliphatic rings. The van der Waals surface area contributed by atoms with Crippen molar-refractivity contribution in [2.24, 2.45) is 0 Å². The lowest BCUT2D eigenvalue weighted by Gasteiger charge is -2.35. The summed E-state index contributed by atoms with van der Waals surface area (Å²) in [6, 6.07) is 2.24. The number of thiophene rings is 1. The highest BCUT2D eigenvalue weighted by molar-refractivity contribution is 7.12. The Labute approximate surface area is 124 Å². The zero-order valence-electron chi connectivity index (χ0n) is 11.9. The molecule has 1 aromatic heterocycles. The van der Waals surface area contributed by atoms with Gasteiger partial charge in [0.25, 0.3) is 5.91 Å². The van der Waals surface area contributed by atoms with Crippen LogP contribution in [0.25, 0.3) is 0 Å². The van der Waals surface area contributed by atoms with Crippen molar-refractivity contribution in [2.45, 2.75) is 45.1 Å². The van der Waals surface area contributed by atoms with Crippen molar-refractivity contribution in [1.82, 2.24) is 4.90 Å². The maximum atomic E-state index is 12.7. The van der Waals surface area contributed by atoms with E-state index in [2.05, 4.69) is 18.8 Å². The summed E-state index contributed by atoms with van der Waals surface area (Å²) < 4.78 is 0. The van der Waals surface area contributed by atoms with Gasteiger partial charge in [-0.3, -0.25) is 4.79 Å². The Morgan fingerprint density at radius 1 is 1.55 bits per heavy atom. The third kappa shape index (κ3) is 3.41. The van der Waals surface area contributed by atoms with Crippen LogP contribution < -0.4 is 0 Å². The molecule has 1 N–H and O–H groups in total. The highest BCUT2D eigenvalue weighted by atomic mass is 32.1. The molecule has 1 saturated heterocycles. The van der Waals surface area contributed by atoms with E-state index in [1.54, 1.807) is 0 Å². The van der Waals surface area contributed by atoms with Crippen LogP contribution in [0.5, 0.6) is 0 Å². The van der Waals surface area contributed by atoms with Crippen LogP contribution in [0, 0.1) is 11.8 Å². The molecule has 1 unspecified atom stereocenters. The summed E-state index contributed by atoms with van der Waals surface area (Å²) in [5.41, 5.74) is 0.745. The first-order valence-corrected chi connectivity index (χ1v) is 8.14. The molecule has 0 radical (unpaired) electrons. The summed E-state index contributed by atoms with van der Waals surface area (Å²) in [4.78, 5) is 15.5. The maximum Gasteiger partial charge on any atom is 0.265 e. The van der Waals surface area contributed by atoms with Crippen molar-refractivity contribution >= 4 is 17.2 Å². The lowest BCUT2D eigenvalue weighted by atomic mass is 9.98. The van der Waals surface area contributed by atoms with Gasteiger partial charge in [0.2, 0.25) is 0 Å². The van der Waals surface area contributed by atoms with E-state index in [1.165, 1.54) is 17.8 Å². The summed E-state index contributed by atoms with van der Waals surface area (Å²) in [5, 5.41) is 10.7. The van der Waals surface area contributed by atoms with Gasteiger partial charge < -0.3 is 10.0 Å². The largest absolute Gasteiger partial charge is 0.384 e. The van der Waals surface area contributed by atoms with Gasteiger partial charge in [0.05, 0.1) is 0 Å². The number of carbonyl (C=O) groups is 1. The topological polar surface area (TPSA) is 40.5 Å². The number of rotatable bonds is 3. The fraction of sp³-hybridized carbons (Fsp3) is 0.562. The van der Waals surface area contributed by atoms with E-state index in [0.717, 1.165) is 37.8 Å². The smallest absolute Gasteiger partial charge is 0.265 e. The summed E-state index contributed by atoms with van der Waals surface area (Å²) in [5.74, 6) is 5.61. The molecule has 1 aromatic rings. The van der Waals surface area contributed by atoms with Gasteiger partial charge in [-0.1, -0.05) is 25.2 Å². The molecule has 1 fully saturated rings. The van der Waals surface area contributed by atoms with Crippen LogP contribution in [-0.4, -0.2) is 35.1 Å². The van der Waals surface area contributed by atoms with Crippen molar-refractivity contribution < 1.29 is 9.90 Å². The van der Waals surface area contributed by atoms with E-state index in [9.17, 15) is 4.79 Å². The third-order valence-corrected chi connectivity index (χ3v) is 4.57. The number of aliphatic hydroxyl groups excluding tert-OH is 1. The first-order valence-electron chi connectivity index (χ1n) is 7.26. The molecule has 4 heteroatoms. The van der Waals surface area contributed by atoms with Crippen molar-refractivity contribution in [3.05, 3.63) is 21.9 Å². The van der Waals surface area contributed by atoms with Gasteiger partial charge in [-0.2, -0.15) is 0 Å². The zero-order chi connectivity index (χ0) is 14.4. The minimum atomic E-state index is -0.175. The first-order chi connectivity index (χ1) is 9.77. The Morgan fingerprint density at radius 2 is 2.40 bits per heavy atom. The van der Waals surface area contributed by atoms with Crippen molar-refractivity contribution in [2.75, 3.05) is 13.2 Å². The fourth-order valence-corrected chi connectivity index (χ4v) is 3.54. The van der Waals surface area contributed by atoms with Crippen molar-refractivity contribution in [3.8, 4) is 11.8 Å². The van der Waals surface area contributed by atoms with Gasteiger partial charge in [-0.25, -0.2) is 0 Å². The molecule has 1 aliphatic heterocycles. The molecule has 108 valence electrons. The normalized spacial score (nSPS) is 18.5. The molecule has 0 aromatic carbocycles. The monoisotopic (exact) mass is 291 g/mol. The van der Waals surface area contributed by atoms with Crippen LogP contribution in [0.15, 0.2) is 11.4 Å². The average molecular weight is 291 g/mol. The maximum absolute atomic E-state index is 12.7. The van der Waals surface area contributed by atoms with E-state index < -0.39 is 0 Å². The van der Waals surface area contributed by atoms with E-state index in [4.69, 9.17) is 5.11 Å². The number of nitrogens with zero attached hydrogens (tertiary/aromatic N) is 1. The lowest BCUT2D eigenvalue weighted by Crippen LogP contribution is -2.43. The summed E-state index contributed by atoms with van der Waals surface area (Å²) in [7, 11) is 0. The van der Waals surface area contributed by atoms with Gasteiger partial charge in [0, 0.05) is 18.2 Å². The predicted octanol–water partition coefficient (Wildman–Crippen LogP) is 2.89. The Kier molecular flexibility index (Phi) is 5.63. The standard InChI is InChI=1S/C16H21NO2S/c1-2-6-14-8-3-4-10-17(14)16(19)15-13(7-5-11-18)9-12-20-15/h9,12,14,18H,2-4,6,8,10-11H2,1H3. The van der Waals surface area contributed by atoms with Crippen LogP contribution in [0.2, 0.25) is 0 Å². The third-order valence-electron chi connectivity index (χ3n) is 3.67. The average Bonchev–Trinajstić information content (AvgIpc) is 2.93. The van der Waals surface area contributed by atoms with Crippen LogP contribution in [0.4, 0.5) is 0 Å². The van der Waals surface area contributed by atoms with Crippen molar-refractivity contribution in [1.29, 1.82) is 0 Å². The van der Waals surface area contributed by atoms with Crippen molar-refractivity contribution in [3.63, 3.8) is 0 Å². The minimum Gasteiger partial charge on any atom is -0.384 e. The summed E-state index contributed by atoms with van der Waals surface area (Å²) >= 11 is 1.45. The Hall–Kier alpha value is -1.31. The molecule has 1 atom stereocenters. The molecule has 2 heterocycles. The number of piperidine rings is 1. The van der Waals surface area contributed by atoms with Gasteiger partial charge in [-0.15, -0.1) is 11.3 Å². The molecule has 0 saturated carbocycles. The molecule has 0 aliphatic carbocycles. The number of aliphatic hydroxyl groups is 1. The molecule has 0 spiro atoms. The highest BCUT2D eigenvalue weighted by Gasteiger charge is 2.28. The second kappa shape index (κ2) is 7.47. The van der Waals surface area contributed by atoms with Crippen LogP contribution in [0.3, 0.4) is 0 Å². The van der Waals surface area contributed by atoms with Gasteiger partial charge in [0.15, 0.2) is 0 Å². The van der Waals surface area contributed by atoms with Gasteiger partial charge in [0.1, 0.15) is 11.5 Å². The lowest BCUT2D eigenvalue weighted by molar-refractivity contribution is 0.0605. The molecule has 1 amide bonds.